The molecule has 2 heterocycles. The summed E-state index contributed by atoms with van der Waals surface area (Å²) in [5, 5.41) is 10.0. The van der Waals surface area contributed by atoms with Crippen LogP contribution >= 0.6 is 11.8 Å². The van der Waals surface area contributed by atoms with E-state index in [4.69, 9.17) is 4.74 Å². The van der Waals surface area contributed by atoms with Crippen molar-refractivity contribution in [2.45, 2.75) is 44.9 Å². The average molecular weight is 423 g/mol. The molecule has 0 atom stereocenters. The molecule has 2 aromatic carbocycles. The zero-order valence-corrected chi connectivity index (χ0v) is 18.7. The van der Waals surface area contributed by atoms with Crippen LogP contribution in [0.1, 0.15) is 35.4 Å². The molecule has 1 aromatic heterocycles. The van der Waals surface area contributed by atoms with Crippen molar-refractivity contribution in [2.75, 3.05) is 25.4 Å². The number of nitrogens with zero attached hydrogens (tertiary/aromatic N) is 4. The molecule has 0 unspecified atom stereocenters. The minimum Gasteiger partial charge on any atom is -0.492 e. The monoisotopic (exact) mass is 422 g/mol. The van der Waals surface area contributed by atoms with Crippen molar-refractivity contribution < 1.29 is 4.74 Å². The molecule has 0 spiro atoms. The fourth-order valence-electron chi connectivity index (χ4n) is 3.76. The Labute approximate surface area is 183 Å². The average Bonchev–Trinajstić information content (AvgIpc) is 3.40. The number of aromatic nitrogens is 3. The summed E-state index contributed by atoms with van der Waals surface area (Å²) in [5.41, 5.74) is 3.66. The zero-order chi connectivity index (χ0) is 20.8. The van der Waals surface area contributed by atoms with Crippen molar-refractivity contribution in [3.8, 4) is 5.75 Å². The Morgan fingerprint density at radius 2 is 1.77 bits per heavy atom. The number of aryl methyl sites for hydroxylation is 2. The Kier molecular flexibility index (Phi) is 7.07. The molecular formula is C24H30N4OS. The van der Waals surface area contributed by atoms with E-state index in [1.807, 2.05) is 0 Å². The minimum atomic E-state index is 0.647. The largest absolute Gasteiger partial charge is 0.492 e. The van der Waals surface area contributed by atoms with Crippen LogP contribution in [-0.4, -0.2) is 45.1 Å². The third-order valence-electron chi connectivity index (χ3n) is 5.46. The second-order valence-corrected chi connectivity index (χ2v) is 8.98. The molecule has 158 valence electrons. The Morgan fingerprint density at radius 3 is 2.57 bits per heavy atom. The molecule has 4 rings (SSSR count). The van der Waals surface area contributed by atoms with Gasteiger partial charge in [0.15, 0.2) is 5.16 Å². The highest BCUT2D eigenvalue weighted by Crippen LogP contribution is 2.23. The first-order valence-corrected chi connectivity index (χ1v) is 11.7. The van der Waals surface area contributed by atoms with E-state index in [-0.39, 0.29) is 0 Å². The summed E-state index contributed by atoms with van der Waals surface area (Å²) in [5.74, 6) is 2.86. The van der Waals surface area contributed by atoms with Crippen LogP contribution < -0.4 is 4.74 Å². The number of benzene rings is 2. The SMILES string of the molecule is Cc1ccc(C)c(OCCSc2nnc(CN3CCCC3)n2Cc2ccccc2)c1. The van der Waals surface area contributed by atoms with Gasteiger partial charge in [-0.3, -0.25) is 4.90 Å². The van der Waals surface area contributed by atoms with Crippen LogP contribution in [0, 0.1) is 13.8 Å². The predicted octanol–water partition coefficient (Wildman–Crippen LogP) is 4.71. The lowest BCUT2D eigenvalue weighted by atomic mass is 10.1. The van der Waals surface area contributed by atoms with Crippen molar-refractivity contribution in [1.29, 1.82) is 0 Å². The zero-order valence-electron chi connectivity index (χ0n) is 17.9. The van der Waals surface area contributed by atoms with Gasteiger partial charge in [-0.25, -0.2) is 0 Å². The summed E-state index contributed by atoms with van der Waals surface area (Å²) in [4.78, 5) is 2.48. The van der Waals surface area contributed by atoms with Crippen LogP contribution in [0.15, 0.2) is 53.7 Å². The van der Waals surface area contributed by atoms with Crippen LogP contribution in [-0.2, 0) is 13.1 Å². The number of hydrogen-bond acceptors (Lipinski definition) is 5. The summed E-state index contributed by atoms with van der Waals surface area (Å²) in [6, 6.07) is 16.9. The lowest BCUT2D eigenvalue weighted by Gasteiger charge is -2.16. The molecule has 30 heavy (non-hydrogen) atoms. The third-order valence-corrected chi connectivity index (χ3v) is 6.39. The first-order chi connectivity index (χ1) is 14.7. The second-order valence-electron chi connectivity index (χ2n) is 7.92. The molecule has 0 radical (unpaired) electrons. The maximum absolute atomic E-state index is 6.03. The molecule has 1 aliphatic heterocycles. The van der Waals surface area contributed by atoms with E-state index in [2.05, 4.69) is 82.0 Å². The first kappa shape index (κ1) is 20.9. The van der Waals surface area contributed by atoms with Gasteiger partial charge in [-0.2, -0.15) is 0 Å². The van der Waals surface area contributed by atoms with E-state index in [1.165, 1.54) is 29.5 Å². The quantitative estimate of drug-likeness (QED) is 0.369. The van der Waals surface area contributed by atoms with Gasteiger partial charge in [-0.1, -0.05) is 54.2 Å². The van der Waals surface area contributed by atoms with Crippen LogP contribution in [0.5, 0.6) is 5.75 Å². The van der Waals surface area contributed by atoms with Crippen LogP contribution in [0.25, 0.3) is 0 Å². The highest BCUT2D eigenvalue weighted by atomic mass is 32.2. The number of likely N-dealkylation sites (tertiary alicyclic amines) is 1. The molecule has 1 fully saturated rings. The standard InChI is InChI=1S/C24H30N4OS/c1-19-10-11-20(2)22(16-19)29-14-15-30-24-26-25-23(18-27-12-6-7-13-27)28(24)17-21-8-4-3-5-9-21/h3-5,8-11,16H,6-7,12-15,17-18H2,1-2H3. The number of ether oxygens (including phenoxy) is 1. The number of rotatable bonds is 9. The van der Waals surface area contributed by atoms with Gasteiger partial charge in [-0.15, -0.1) is 10.2 Å². The van der Waals surface area contributed by atoms with Crippen molar-refractivity contribution in [3.63, 3.8) is 0 Å². The van der Waals surface area contributed by atoms with Gasteiger partial charge in [0.05, 0.1) is 19.7 Å². The Hall–Kier alpha value is -2.31. The molecule has 3 aromatic rings. The second kappa shape index (κ2) is 10.1. The summed E-state index contributed by atoms with van der Waals surface area (Å²) in [6.45, 7) is 8.82. The highest BCUT2D eigenvalue weighted by Gasteiger charge is 2.18. The van der Waals surface area contributed by atoms with E-state index in [1.54, 1.807) is 11.8 Å². The van der Waals surface area contributed by atoms with Gasteiger partial charge in [0.2, 0.25) is 0 Å². The number of thioether (sulfide) groups is 1. The number of hydrogen-bond donors (Lipinski definition) is 0. The van der Waals surface area contributed by atoms with Crippen molar-refractivity contribution in [1.82, 2.24) is 19.7 Å². The van der Waals surface area contributed by atoms with Gasteiger partial charge in [0.1, 0.15) is 11.6 Å². The van der Waals surface area contributed by atoms with Crippen LogP contribution in [0.3, 0.4) is 0 Å². The topological polar surface area (TPSA) is 43.2 Å². The molecule has 0 aliphatic carbocycles. The Morgan fingerprint density at radius 1 is 0.967 bits per heavy atom. The molecule has 0 saturated carbocycles. The van der Waals surface area contributed by atoms with Gasteiger partial charge < -0.3 is 9.30 Å². The van der Waals surface area contributed by atoms with Gasteiger partial charge in [0.25, 0.3) is 0 Å². The van der Waals surface area contributed by atoms with E-state index in [0.29, 0.717) is 6.61 Å². The van der Waals surface area contributed by atoms with E-state index in [0.717, 1.165) is 48.7 Å². The predicted molar refractivity (Wildman–Crippen MR) is 122 cm³/mol. The molecule has 5 nitrogen and oxygen atoms in total. The smallest absolute Gasteiger partial charge is 0.191 e. The van der Waals surface area contributed by atoms with Gasteiger partial charge >= 0.3 is 0 Å². The maximum atomic E-state index is 6.03. The Balaban J connectivity index is 1.42. The van der Waals surface area contributed by atoms with Crippen LogP contribution in [0.4, 0.5) is 0 Å². The van der Waals surface area contributed by atoms with Crippen LogP contribution in [0.2, 0.25) is 0 Å². The molecule has 0 N–H and O–H groups in total. The summed E-state index contributed by atoms with van der Waals surface area (Å²) >= 11 is 1.72. The molecular weight excluding hydrogens is 392 g/mol. The summed E-state index contributed by atoms with van der Waals surface area (Å²) < 4.78 is 8.30. The fraction of sp³-hybridized carbons (Fsp3) is 0.417. The van der Waals surface area contributed by atoms with Gasteiger partial charge in [-0.05, 0) is 62.5 Å². The lowest BCUT2D eigenvalue weighted by molar-refractivity contribution is 0.316. The van der Waals surface area contributed by atoms with Crippen molar-refractivity contribution in [3.05, 3.63) is 71.0 Å². The molecule has 1 aliphatic rings. The summed E-state index contributed by atoms with van der Waals surface area (Å²) in [7, 11) is 0. The Bertz CT molecular complexity index is 951. The summed E-state index contributed by atoms with van der Waals surface area (Å²) in [6.07, 6.45) is 2.56. The van der Waals surface area contributed by atoms with E-state index >= 15 is 0 Å². The van der Waals surface area contributed by atoms with Crippen molar-refractivity contribution >= 4 is 11.8 Å². The molecule has 1 saturated heterocycles. The fourth-order valence-corrected chi connectivity index (χ4v) is 4.53. The maximum Gasteiger partial charge on any atom is 0.191 e. The van der Waals surface area contributed by atoms with Gasteiger partial charge in [0, 0.05) is 5.75 Å². The van der Waals surface area contributed by atoms with E-state index in [9.17, 15) is 0 Å². The normalized spacial score (nSPS) is 14.3. The highest BCUT2D eigenvalue weighted by molar-refractivity contribution is 7.99. The molecule has 0 bridgehead atoms. The minimum absolute atomic E-state index is 0.647. The van der Waals surface area contributed by atoms with E-state index < -0.39 is 0 Å². The third kappa shape index (κ3) is 5.43. The molecule has 0 amide bonds. The molecule has 6 heteroatoms. The van der Waals surface area contributed by atoms with Crippen molar-refractivity contribution in [2.24, 2.45) is 0 Å². The lowest BCUT2D eigenvalue weighted by Crippen LogP contribution is -2.21. The first-order valence-electron chi connectivity index (χ1n) is 10.7.